The zero-order chi connectivity index (χ0) is 14.4. The number of aromatic nitrogens is 2. The molecule has 0 spiro atoms. The van der Waals surface area contributed by atoms with Crippen molar-refractivity contribution in [2.45, 2.75) is 51.5 Å². The molecule has 0 unspecified atom stereocenters. The minimum absolute atomic E-state index is 0.104. The van der Waals surface area contributed by atoms with Crippen LogP contribution in [0.1, 0.15) is 55.9 Å². The lowest BCUT2D eigenvalue weighted by molar-refractivity contribution is 0.0932. The van der Waals surface area contributed by atoms with Crippen molar-refractivity contribution in [2.75, 3.05) is 18.5 Å². The standard InChI is InChI=1S/C15H24N4O/c1-3-4-9-19(2)14-11-16-13(10-17-14)15(20)18-12-7-5-6-8-12/h10-12H,3-9H2,1-2H3,(H,18,20). The van der Waals surface area contributed by atoms with E-state index >= 15 is 0 Å². The molecule has 1 N–H and O–H groups in total. The van der Waals surface area contributed by atoms with Crippen LogP contribution in [0.25, 0.3) is 0 Å². The van der Waals surface area contributed by atoms with Gasteiger partial charge in [0.05, 0.1) is 12.4 Å². The molecule has 1 fully saturated rings. The molecule has 1 heterocycles. The summed E-state index contributed by atoms with van der Waals surface area (Å²) >= 11 is 0. The quantitative estimate of drug-likeness (QED) is 0.866. The van der Waals surface area contributed by atoms with Crippen LogP contribution in [0.3, 0.4) is 0 Å². The Morgan fingerprint density at radius 2 is 2.10 bits per heavy atom. The lowest BCUT2D eigenvalue weighted by Gasteiger charge is -2.17. The zero-order valence-corrected chi connectivity index (χ0v) is 12.4. The number of carbonyl (C=O) groups excluding carboxylic acids is 1. The van der Waals surface area contributed by atoms with Gasteiger partial charge in [0.2, 0.25) is 0 Å². The van der Waals surface area contributed by atoms with E-state index in [1.807, 2.05) is 7.05 Å². The van der Waals surface area contributed by atoms with Gasteiger partial charge in [-0.3, -0.25) is 4.79 Å². The molecule has 1 aromatic rings. The van der Waals surface area contributed by atoms with Crippen molar-refractivity contribution in [3.8, 4) is 0 Å². The predicted octanol–water partition coefficient (Wildman–Crippen LogP) is 2.39. The number of hydrogen-bond acceptors (Lipinski definition) is 4. The topological polar surface area (TPSA) is 58.1 Å². The van der Waals surface area contributed by atoms with Gasteiger partial charge in [-0.2, -0.15) is 0 Å². The van der Waals surface area contributed by atoms with E-state index in [2.05, 4.69) is 27.1 Å². The highest BCUT2D eigenvalue weighted by molar-refractivity contribution is 5.92. The second kappa shape index (κ2) is 7.22. The van der Waals surface area contributed by atoms with Crippen LogP contribution in [0, 0.1) is 0 Å². The largest absolute Gasteiger partial charge is 0.358 e. The van der Waals surface area contributed by atoms with Crippen molar-refractivity contribution in [1.29, 1.82) is 0 Å². The number of hydrogen-bond donors (Lipinski definition) is 1. The Hall–Kier alpha value is -1.65. The highest BCUT2D eigenvalue weighted by Crippen LogP contribution is 2.18. The molecular formula is C15H24N4O. The fourth-order valence-corrected chi connectivity index (χ4v) is 2.47. The Labute approximate surface area is 120 Å². The maximum Gasteiger partial charge on any atom is 0.271 e. The molecule has 5 nitrogen and oxygen atoms in total. The monoisotopic (exact) mass is 276 g/mol. The lowest BCUT2D eigenvalue weighted by Crippen LogP contribution is -2.33. The van der Waals surface area contributed by atoms with Crippen molar-refractivity contribution < 1.29 is 4.79 Å². The van der Waals surface area contributed by atoms with E-state index in [0.29, 0.717) is 11.7 Å². The Morgan fingerprint density at radius 1 is 1.35 bits per heavy atom. The minimum atomic E-state index is -0.104. The molecule has 0 aromatic carbocycles. The summed E-state index contributed by atoms with van der Waals surface area (Å²) in [6, 6.07) is 0.316. The number of carbonyl (C=O) groups is 1. The maximum absolute atomic E-state index is 12.0. The average molecular weight is 276 g/mol. The van der Waals surface area contributed by atoms with E-state index in [1.54, 1.807) is 12.4 Å². The Bertz CT molecular complexity index is 426. The van der Waals surface area contributed by atoms with Crippen LogP contribution in [0.2, 0.25) is 0 Å². The third-order valence-electron chi connectivity index (χ3n) is 3.80. The van der Waals surface area contributed by atoms with Gasteiger partial charge in [0.15, 0.2) is 0 Å². The molecular weight excluding hydrogens is 252 g/mol. The number of nitrogens with one attached hydrogen (secondary N) is 1. The fraction of sp³-hybridized carbons (Fsp3) is 0.667. The number of anilines is 1. The molecule has 0 aliphatic heterocycles. The van der Waals surface area contributed by atoms with Crippen molar-refractivity contribution in [3.63, 3.8) is 0 Å². The van der Waals surface area contributed by atoms with Gasteiger partial charge in [-0.1, -0.05) is 26.2 Å². The van der Waals surface area contributed by atoms with E-state index in [0.717, 1.165) is 38.0 Å². The Balaban J connectivity index is 1.91. The van der Waals surface area contributed by atoms with Crippen molar-refractivity contribution >= 4 is 11.7 Å². The first-order valence-electron chi connectivity index (χ1n) is 7.54. The predicted molar refractivity (Wildman–Crippen MR) is 79.9 cm³/mol. The van der Waals surface area contributed by atoms with Gasteiger partial charge in [0, 0.05) is 19.6 Å². The molecule has 0 atom stereocenters. The highest BCUT2D eigenvalue weighted by Gasteiger charge is 2.18. The second-order valence-electron chi connectivity index (χ2n) is 5.49. The summed E-state index contributed by atoms with van der Waals surface area (Å²) in [5.74, 6) is 0.711. The molecule has 5 heteroatoms. The first-order chi connectivity index (χ1) is 9.70. The number of nitrogens with zero attached hydrogens (tertiary/aromatic N) is 3. The van der Waals surface area contributed by atoms with E-state index < -0.39 is 0 Å². The van der Waals surface area contributed by atoms with Gasteiger partial charge in [-0.25, -0.2) is 9.97 Å². The third kappa shape index (κ3) is 3.92. The normalized spacial score (nSPS) is 15.3. The summed E-state index contributed by atoms with van der Waals surface area (Å²) in [7, 11) is 2.00. The lowest BCUT2D eigenvalue weighted by atomic mass is 10.2. The molecule has 2 rings (SSSR count). The average Bonchev–Trinajstić information content (AvgIpc) is 2.97. The van der Waals surface area contributed by atoms with Crippen molar-refractivity contribution in [3.05, 3.63) is 18.1 Å². The van der Waals surface area contributed by atoms with E-state index in [9.17, 15) is 4.79 Å². The van der Waals surface area contributed by atoms with E-state index in [4.69, 9.17) is 0 Å². The molecule has 1 aromatic heterocycles. The van der Waals surface area contributed by atoms with Gasteiger partial charge in [-0.15, -0.1) is 0 Å². The Kier molecular flexibility index (Phi) is 5.32. The van der Waals surface area contributed by atoms with Crippen LogP contribution in [0.5, 0.6) is 0 Å². The van der Waals surface area contributed by atoms with Gasteiger partial charge in [0.1, 0.15) is 11.5 Å². The van der Waals surface area contributed by atoms with Gasteiger partial charge in [-0.05, 0) is 19.3 Å². The number of amides is 1. The van der Waals surface area contributed by atoms with Gasteiger partial charge < -0.3 is 10.2 Å². The van der Waals surface area contributed by atoms with Crippen LogP contribution in [0.4, 0.5) is 5.82 Å². The van der Waals surface area contributed by atoms with E-state index in [1.165, 1.54) is 12.8 Å². The number of unbranched alkanes of at least 4 members (excludes halogenated alkanes) is 1. The van der Waals surface area contributed by atoms with Crippen LogP contribution in [0.15, 0.2) is 12.4 Å². The molecule has 1 amide bonds. The third-order valence-corrected chi connectivity index (χ3v) is 3.80. The molecule has 0 saturated heterocycles. The summed E-state index contributed by atoms with van der Waals surface area (Å²) in [5.41, 5.74) is 0.407. The summed E-state index contributed by atoms with van der Waals surface area (Å²) in [6.07, 6.45) is 10.1. The van der Waals surface area contributed by atoms with Crippen LogP contribution in [-0.4, -0.2) is 35.5 Å². The van der Waals surface area contributed by atoms with E-state index in [-0.39, 0.29) is 5.91 Å². The van der Waals surface area contributed by atoms with Gasteiger partial charge >= 0.3 is 0 Å². The summed E-state index contributed by atoms with van der Waals surface area (Å²) in [4.78, 5) is 22.7. The van der Waals surface area contributed by atoms with Gasteiger partial charge in [0.25, 0.3) is 5.91 Å². The maximum atomic E-state index is 12.0. The number of rotatable bonds is 6. The fourth-order valence-electron chi connectivity index (χ4n) is 2.47. The molecule has 20 heavy (non-hydrogen) atoms. The molecule has 0 radical (unpaired) electrons. The Morgan fingerprint density at radius 3 is 2.70 bits per heavy atom. The molecule has 0 bridgehead atoms. The summed E-state index contributed by atoms with van der Waals surface area (Å²) in [6.45, 7) is 3.12. The zero-order valence-electron chi connectivity index (χ0n) is 12.4. The SMILES string of the molecule is CCCCN(C)c1cnc(C(=O)NC2CCCC2)cn1. The first-order valence-corrected chi connectivity index (χ1v) is 7.54. The summed E-state index contributed by atoms with van der Waals surface area (Å²) < 4.78 is 0. The highest BCUT2D eigenvalue weighted by atomic mass is 16.1. The second-order valence-corrected chi connectivity index (χ2v) is 5.49. The van der Waals surface area contributed by atoms with Crippen molar-refractivity contribution in [2.24, 2.45) is 0 Å². The molecule has 1 aliphatic rings. The first kappa shape index (κ1) is 14.8. The van der Waals surface area contributed by atoms with Crippen LogP contribution >= 0.6 is 0 Å². The van der Waals surface area contributed by atoms with Crippen LogP contribution < -0.4 is 10.2 Å². The smallest absolute Gasteiger partial charge is 0.271 e. The molecule has 1 aliphatic carbocycles. The van der Waals surface area contributed by atoms with Crippen molar-refractivity contribution in [1.82, 2.24) is 15.3 Å². The molecule has 1 saturated carbocycles. The minimum Gasteiger partial charge on any atom is -0.358 e. The molecule has 110 valence electrons. The summed E-state index contributed by atoms with van der Waals surface area (Å²) in [5, 5.41) is 3.02. The van der Waals surface area contributed by atoms with Crippen LogP contribution in [-0.2, 0) is 0 Å².